The van der Waals surface area contributed by atoms with Gasteiger partial charge >= 0.3 is 5.97 Å². The molecule has 8 heteroatoms. The molecular formula is C14H14N2O6. The first-order valence-electron chi connectivity index (χ1n) is 6.33. The number of aliphatic hydroxyl groups excluding tert-OH is 1. The minimum atomic E-state index is -1.57. The predicted octanol–water partition coefficient (Wildman–Crippen LogP) is -0.581. The lowest BCUT2D eigenvalue weighted by molar-refractivity contribution is -0.140. The monoisotopic (exact) mass is 306 g/mol. The van der Waals surface area contributed by atoms with Crippen LogP contribution in [-0.2, 0) is 11.8 Å². The summed E-state index contributed by atoms with van der Waals surface area (Å²) >= 11 is 0. The molecule has 0 radical (unpaired) electrons. The molecule has 0 fully saturated rings. The molecule has 0 aliphatic rings. The number of aliphatic carboxylic acids is 1. The van der Waals surface area contributed by atoms with E-state index in [4.69, 9.17) is 10.2 Å². The molecule has 1 amide bonds. The van der Waals surface area contributed by atoms with Crippen LogP contribution < -0.4 is 10.9 Å². The number of hydrogen-bond acceptors (Lipinski definition) is 5. The number of nitrogens with zero attached hydrogens (tertiary/aromatic N) is 1. The van der Waals surface area contributed by atoms with Crippen LogP contribution in [0.5, 0.6) is 5.75 Å². The average molecular weight is 306 g/mol. The summed E-state index contributed by atoms with van der Waals surface area (Å²) in [6, 6.07) is 4.87. The second-order valence-electron chi connectivity index (χ2n) is 4.65. The summed E-state index contributed by atoms with van der Waals surface area (Å²) in [6.45, 7) is -0.838. The minimum absolute atomic E-state index is 0.283. The van der Waals surface area contributed by atoms with Crippen LogP contribution in [0.3, 0.4) is 0 Å². The van der Waals surface area contributed by atoms with Gasteiger partial charge in [0, 0.05) is 12.4 Å². The first-order chi connectivity index (χ1) is 10.4. The van der Waals surface area contributed by atoms with Gasteiger partial charge in [0.05, 0.1) is 12.1 Å². The van der Waals surface area contributed by atoms with Crippen LogP contribution >= 0.6 is 0 Å². The highest BCUT2D eigenvalue weighted by Crippen LogP contribution is 2.25. The number of aromatic hydroxyl groups is 1. The molecule has 1 aromatic carbocycles. The predicted molar refractivity (Wildman–Crippen MR) is 76.8 cm³/mol. The second-order valence-corrected chi connectivity index (χ2v) is 4.65. The zero-order chi connectivity index (χ0) is 16.4. The Kier molecular flexibility index (Phi) is 4.13. The summed E-state index contributed by atoms with van der Waals surface area (Å²) in [4.78, 5) is 35.1. The SMILES string of the molecule is Cn1c(=O)c(C(=O)N[C@@H](CO)C(=O)O)c(O)c2ccccc21. The van der Waals surface area contributed by atoms with Crippen LogP contribution in [0, 0.1) is 0 Å². The van der Waals surface area contributed by atoms with Crippen LogP contribution in [0.1, 0.15) is 10.4 Å². The number of pyridine rings is 1. The van der Waals surface area contributed by atoms with Gasteiger partial charge in [0.25, 0.3) is 11.5 Å². The second kappa shape index (κ2) is 5.86. The van der Waals surface area contributed by atoms with E-state index in [9.17, 15) is 19.5 Å². The van der Waals surface area contributed by atoms with Crippen molar-refractivity contribution in [3.63, 3.8) is 0 Å². The molecule has 22 heavy (non-hydrogen) atoms. The van der Waals surface area contributed by atoms with Gasteiger partial charge in [-0.15, -0.1) is 0 Å². The molecule has 0 unspecified atom stereocenters. The Bertz CT molecular complexity index is 811. The third kappa shape index (κ3) is 2.51. The lowest BCUT2D eigenvalue weighted by Crippen LogP contribution is -2.45. The number of carbonyl (C=O) groups excluding carboxylic acids is 1. The van der Waals surface area contributed by atoms with Crippen LogP contribution in [0.4, 0.5) is 0 Å². The van der Waals surface area contributed by atoms with Gasteiger partial charge in [-0.2, -0.15) is 0 Å². The van der Waals surface area contributed by atoms with Crippen LogP contribution in [0.25, 0.3) is 10.9 Å². The molecule has 0 saturated heterocycles. The number of nitrogens with one attached hydrogen (secondary N) is 1. The molecule has 1 heterocycles. The van der Waals surface area contributed by atoms with Gasteiger partial charge in [-0.3, -0.25) is 9.59 Å². The summed E-state index contributed by atoms with van der Waals surface area (Å²) in [5.41, 5.74) is -0.907. The summed E-state index contributed by atoms with van der Waals surface area (Å²) < 4.78 is 1.18. The number of fused-ring (bicyclic) bond motifs is 1. The van der Waals surface area contributed by atoms with E-state index in [2.05, 4.69) is 0 Å². The van der Waals surface area contributed by atoms with Gasteiger partial charge in [-0.25, -0.2) is 4.79 Å². The van der Waals surface area contributed by atoms with Gasteiger partial charge in [0.15, 0.2) is 6.04 Å². The molecule has 8 nitrogen and oxygen atoms in total. The number of rotatable bonds is 4. The van der Waals surface area contributed by atoms with E-state index in [1.807, 2.05) is 5.32 Å². The van der Waals surface area contributed by atoms with Gasteiger partial charge < -0.3 is 25.2 Å². The summed E-state index contributed by atoms with van der Waals surface area (Å²) in [5.74, 6) is -3.04. The van der Waals surface area contributed by atoms with E-state index in [-0.39, 0.29) is 5.39 Å². The molecule has 4 N–H and O–H groups in total. The molecule has 0 bridgehead atoms. The maximum Gasteiger partial charge on any atom is 0.328 e. The lowest BCUT2D eigenvalue weighted by atomic mass is 10.1. The van der Waals surface area contributed by atoms with Gasteiger partial charge in [0.2, 0.25) is 0 Å². The van der Waals surface area contributed by atoms with Crippen LogP contribution in [-0.4, -0.2) is 44.4 Å². The quantitative estimate of drug-likeness (QED) is 0.598. The van der Waals surface area contributed by atoms with Crippen molar-refractivity contribution < 1.29 is 24.9 Å². The Morgan fingerprint density at radius 2 is 1.95 bits per heavy atom. The molecule has 0 aliphatic carbocycles. The number of carbonyl (C=O) groups is 2. The molecule has 2 rings (SSSR count). The van der Waals surface area contributed by atoms with Crippen molar-refractivity contribution in [1.29, 1.82) is 0 Å². The highest BCUT2D eigenvalue weighted by molar-refractivity contribution is 6.03. The van der Waals surface area contributed by atoms with E-state index in [0.717, 1.165) is 0 Å². The standard InChI is InChI=1S/C14H14N2O6/c1-16-9-5-3-2-4-7(9)11(18)10(13(16)20)12(19)15-8(6-17)14(21)22/h2-5,8,17-18H,6H2,1H3,(H,15,19)(H,21,22)/t8-/m0/s1. The fourth-order valence-electron chi connectivity index (χ4n) is 2.10. The van der Waals surface area contributed by atoms with E-state index in [1.54, 1.807) is 18.2 Å². The largest absolute Gasteiger partial charge is 0.506 e. The number of carboxylic acids is 1. The number of hydrogen-bond donors (Lipinski definition) is 4. The maximum absolute atomic E-state index is 12.2. The number of aryl methyl sites for hydroxylation is 1. The molecule has 1 atom stereocenters. The highest BCUT2D eigenvalue weighted by atomic mass is 16.4. The molecule has 0 saturated carbocycles. The number of amides is 1. The lowest BCUT2D eigenvalue weighted by Gasteiger charge is -2.14. The first-order valence-corrected chi connectivity index (χ1v) is 6.33. The minimum Gasteiger partial charge on any atom is -0.506 e. The van der Waals surface area contributed by atoms with Crippen LogP contribution in [0.2, 0.25) is 0 Å². The topological polar surface area (TPSA) is 129 Å². The Hall–Kier alpha value is -2.87. The van der Waals surface area contributed by atoms with Crippen molar-refractivity contribution >= 4 is 22.8 Å². The van der Waals surface area contributed by atoms with E-state index < -0.39 is 41.4 Å². The van der Waals surface area contributed by atoms with E-state index >= 15 is 0 Å². The zero-order valence-corrected chi connectivity index (χ0v) is 11.6. The number of benzene rings is 1. The smallest absolute Gasteiger partial charge is 0.328 e. The summed E-state index contributed by atoms with van der Waals surface area (Å²) in [7, 11) is 1.43. The third-order valence-corrected chi connectivity index (χ3v) is 3.29. The average Bonchev–Trinajstić information content (AvgIpc) is 2.50. The fraction of sp³-hybridized carbons (Fsp3) is 0.214. The van der Waals surface area contributed by atoms with Crippen molar-refractivity contribution in [3.05, 3.63) is 40.2 Å². The summed E-state index contributed by atoms with van der Waals surface area (Å²) in [6.07, 6.45) is 0. The molecule has 116 valence electrons. The number of para-hydroxylation sites is 1. The van der Waals surface area contributed by atoms with E-state index in [0.29, 0.717) is 5.52 Å². The van der Waals surface area contributed by atoms with Gasteiger partial charge in [0.1, 0.15) is 11.3 Å². The van der Waals surface area contributed by atoms with Crippen molar-refractivity contribution in [3.8, 4) is 5.75 Å². The normalized spacial score (nSPS) is 12.1. The van der Waals surface area contributed by atoms with Crippen molar-refractivity contribution in [1.82, 2.24) is 9.88 Å². The van der Waals surface area contributed by atoms with Crippen molar-refractivity contribution in [2.24, 2.45) is 7.05 Å². The Morgan fingerprint density at radius 1 is 1.32 bits per heavy atom. The van der Waals surface area contributed by atoms with Crippen LogP contribution in [0.15, 0.2) is 29.1 Å². The molecule has 2 aromatic rings. The zero-order valence-electron chi connectivity index (χ0n) is 11.6. The Balaban J connectivity index is 2.58. The molecular weight excluding hydrogens is 292 g/mol. The van der Waals surface area contributed by atoms with Crippen molar-refractivity contribution in [2.45, 2.75) is 6.04 Å². The number of aliphatic hydroxyl groups is 1. The van der Waals surface area contributed by atoms with E-state index in [1.165, 1.54) is 17.7 Å². The highest BCUT2D eigenvalue weighted by Gasteiger charge is 2.25. The first kappa shape index (κ1) is 15.5. The third-order valence-electron chi connectivity index (χ3n) is 3.29. The number of aromatic nitrogens is 1. The van der Waals surface area contributed by atoms with Gasteiger partial charge in [-0.1, -0.05) is 12.1 Å². The molecule has 0 aliphatic heterocycles. The number of carboxylic acid groups (broad SMARTS) is 1. The fourth-order valence-corrected chi connectivity index (χ4v) is 2.10. The molecule has 1 aromatic heterocycles. The Labute approximate surface area is 124 Å². The molecule has 0 spiro atoms. The Morgan fingerprint density at radius 3 is 2.55 bits per heavy atom. The van der Waals surface area contributed by atoms with Crippen molar-refractivity contribution in [2.75, 3.05) is 6.61 Å². The maximum atomic E-state index is 12.2. The summed E-state index contributed by atoms with van der Waals surface area (Å²) in [5, 5.41) is 30.2. The van der Waals surface area contributed by atoms with Gasteiger partial charge in [-0.05, 0) is 12.1 Å².